The first-order valence-electron chi connectivity index (χ1n) is 12.1. The Morgan fingerprint density at radius 2 is 1.86 bits per heavy atom. The summed E-state index contributed by atoms with van der Waals surface area (Å²) in [6.45, 7) is 1.29. The van der Waals surface area contributed by atoms with E-state index in [1.165, 1.54) is 6.07 Å². The molecular weight excluding hydrogens is 468 g/mol. The Morgan fingerprint density at radius 1 is 1.08 bits per heavy atom. The summed E-state index contributed by atoms with van der Waals surface area (Å²) in [7, 11) is 1.59. The van der Waals surface area contributed by atoms with Crippen LogP contribution < -0.4 is 4.74 Å². The molecule has 6 rings (SSSR count). The average molecular weight is 496 g/mol. The van der Waals surface area contributed by atoms with Gasteiger partial charge < -0.3 is 14.6 Å². The molecule has 2 aromatic carbocycles. The lowest BCUT2D eigenvalue weighted by atomic mass is 9.86. The molecule has 2 N–H and O–H groups in total. The van der Waals surface area contributed by atoms with Crippen LogP contribution in [0.2, 0.25) is 0 Å². The molecule has 2 aliphatic rings. The number of nitrogens with zero attached hydrogens (tertiary/aromatic N) is 2. The van der Waals surface area contributed by atoms with Crippen molar-refractivity contribution in [2.75, 3.05) is 20.3 Å². The zero-order chi connectivity index (χ0) is 25.2. The highest BCUT2D eigenvalue weighted by molar-refractivity contribution is 6.06. The second-order valence-corrected chi connectivity index (χ2v) is 9.22. The molecule has 1 saturated heterocycles. The van der Waals surface area contributed by atoms with Gasteiger partial charge >= 0.3 is 5.97 Å². The van der Waals surface area contributed by atoms with Crippen LogP contribution in [0.3, 0.4) is 0 Å². The summed E-state index contributed by atoms with van der Waals surface area (Å²) in [6.07, 6.45) is 6.27. The molecule has 0 bridgehead atoms. The molecule has 9 heteroatoms. The molecule has 4 aromatic rings. The van der Waals surface area contributed by atoms with Crippen molar-refractivity contribution in [3.05, 3.63) is 53.9 Å². The van der Waals surface area contributed by atoms with Gasteiger partial charge in [0.1, 0.15) is 0 Å². The van der Waals surface area contributed by atoms with E-state index in [0.717, 1.165) is 71.1 Å². The molecule has 1 aliphatic carbocycles. The monoisotopic (exact) mass is 495 g/mol. The van der Waals surface area contributed by atoms with Gasteiger partial charge in [0.2, 0.25) is 5.88 Å². The number of methoxy groups -OCH3 is 1. The first kappa shape index (κ1) is 24.1. The number of rotatable bonds is 4. The van der Waals surface area contributed by atoms with Crippen LogP contribution >= 0.6 is 0 Å². The van der Waals surface area contributed by atoms with E-state index >= 15 is 0 Å². The molecule has 2 aromatic heterocycles. The van der Waals surface area contributed by atoms with Gasteiger partial charge in [-0.3, -0.25) is 9.89 Å². The highest BCUT2D eigenvalue weighted by atomic mass is 19.2. The van der Waals surface area contributed by atoms with Gasteiger partial charge in [-0.05, 0) is 60.9 Å². The summed E-state index contributed by atoms with van der Waals surface area (Å²) >= 11 is 0. The SMILES string of the molecule is COc1nc(C2CCOCC2)c(-c2ccc(F)c(F)c2)c2cc3cn[nH]c3cc12.O=C(O)C1CCC1. The number of H-pyrrole nitrogens is 1. The normalized spacial score (nSPS) is 16.4. The number of aromatic amines is 1. The first-order chi connectivity index (χ1) is 17.5. The summed E-state index contributed by atoms with van der Waals surface area (Å²) in [5.41, 5.74) is 3.07. The van der Waals surface area contributed by atoms with Crippen LogP contribution in [0.25, 0.3) is 32.8 Å². The van der Waals surface area contributed by atoms with Crippen molar-refractivity contribution in [1.82, 2.24) is 15.2 Å². The molecule has 188 valence electrons. The van der Waals surface area contributed by atoms with E-state index in [2.05, 4.69) is 10.2 Å². The Bertz CT molecular complexity index is 1410. The van der Waals surface area contributed by atoms with Crippen molar-refractivity contribution in [2.24, 2.45) is 5.92 Å². The number of aromatic nitrogens is 3. The van der Waals surface area contributed by atoms with Gasteiger partial charge in [-0.25, -0.2) is 13.8 Å². The average Bonchev–Trinajstić information content (AvgIpc) is 3.30. The second-order valence-electron chi connectivity index (χ2n) is 9.22. The van der Waals surface area contributed by atoms with Crippen LogP contribution in [0.5, 0.6) is 5.88 Å². The minimum Gasteiger partial charge on any atom is -0.481 e. The van der Waals surface area contributed by atoms with Crippen LogP contribution in [0.15, 0.2) is 36.5 Å². The van der Waals surface area contributed by atoms with Gasteiger partial charge in [-0.1, -0.05) is 12.5 Å². The van der Waals surface area contributed by atoms with Crippen LogP contribution in [0.1, 0.15) is 43.7 Å². The number of pyridine rings is 1. The number of carboxylic acid groups (broad SMARTS) is 1. The van der Waals surface area contributed by atoms with Crippen LogP contribution in [-0.2, 0) is 9.53 Å². The molecule has 3 heterocycles. The van der Waals surface area contributed by atoms with E-state index < -0.39 is 17.6 Å². The number of fused-ring (bicyclic) bond motifs is 2. The minimum absolute atomic E-state index is 0.000000000000000444. The summed E-state index contributed by atoms with van der Waals surface area (Å²) < 4.78 is 38.9. The quantitative estimate of drug-likeness (QED) is 0.370. The number of hydrogen-bond donors (Lipinski definition) is 2. The molecule has 0 radical (unpaired) electrons. The third kappa shape index (κ3) is 4.63. The Morgan fingerprint density at radius 3 is 2.47 bits per heavy atom. The number of aliphatic carboxylic acids is 1. The lowest BCUT2D eigenvalue weighted by molar-refractivity contribution is -0.144. The van der Waals surface area contributed by atoms with Crippen LogP contribution in [0.4, 0.5) is 8.78 Å². The van der Waals surface area contributed by atoms with Gasteiger partial charge in [-0.15, -0.1) is 0 Å². The number of hydrogen-bond acceptors (Lipinski definition) is 5. The zero-order valence-electron chi connectivity index (χ0n) is 19.9. The summed E-state index contributed by atoms with van der Waals surface area (Å²) in [5.74, 6) is -1.72. The molecule has 0 unspecified atom stereocenters. The zero-order valence-corrected chi connectivity index (χ0v) is 19.9. The summed E-state index contributed by atoms with van der Waals surface area (Å²) in [4.78, 5) is 14.8. The number of nitrogens with one attached hydrogen (secondary N) is 1. The lowest BCUT2D eigenvalue weighted by Crippen LogP contribution is -2.20. The van der Waals surface area contributed by atoms with Crippen molar-refractivity contribution < 1.29 is 28.2 Å². The van der Waals surface area contributed by atoms with Crippen molar-refractivity contribution in [1.29, 1.82) is 0 Å². The van der Waals surface area contributed by atoms with E-state index in [1.54, 1.807) is 19.4 Å². The Hall–Kier alpha value is -3.59. The predicted octanol–water partition coefficient (Wildman–Crippen LogP) is 5.83. The molecular formula is C27H27F2N3O4. The minimum atomic E-state index is -0.881. The standard InChI is InChI=1S/C22H19F2N3O2.C5H8O2/c1-28-22-16-10-19-14(11-25-27-19)8-15(16)20(13-2-3-17(23)18(24)9-13)21(26-22)12-4-6-29-7-5-12;6-5(7)4-2-1-3-4/h2-3,8-12H,4-7H2,1H3,(H,25,27);4H,1-3H2,(H,6,7). The Kier molecular flexibility index (Phi) is 6.82. The molecule has 0 spiro atoms. The summed E-state index contributed by atoms with van der Waals surface area (Å²) in [6, 6.07) is 7.92. The first-order valence-corrected chi connectivity index (χ1v) is 12.1. The predicted molar refractivity (Wildman–Crippen MR) is 131 cm³/mol. The van der Waals surface area contributed by atoms with Crippen molar-refractivity contribution >= 4 is 27.6 Å². The van der Waals surface area contributed by atoms with Gasteiger partial charge in [-0.2, -0.15) is 5.10 Å². The third-order valence-corrected chi connectivity index (χ3v) is 7.02. The number of ether oxygens (including phenoxy) is 2. The van der Waals surface area contributed by atoms with Gasteiger partial charge in [0.05, 0.1) is 30.4 Å². The second kappa shape index (κ2) is 10.2. The molecule has 1 aliphatic heterocycles. The van der Waals surface area contributed by atoms with E-state index in [0.29, 0.717) is 24.7 Å². The van der Waals surface area contributed by atoms with Crippen molar-refractivity contribution in [3.8, 4) is 17.0 Å². The van der Waals surface area contributed by atoms with E-state index in [-0.39, 0.29) is 11.8 Å². The smallest absolute Gasteiger partial charge is 0.306 e. The molecule has 2 fully saturated rings. The molecule has 0 amide bonds. The Labute approximate surface area is 206 Å². The number of carbonyl (C=O) groups is 1. The topological polar surface area (TPSA) is 97.3 Å². The van der Waals surface area contributed by atoms with E-state index in [4.69, 9.17) is 19.6 Å². The molecule has 0 atom stereocenters. The number of halogens is 2. The van der Waals surface area contributed by atoms with Gasteiger partial charge in [0.25, 0.3) is 0 Å². The van der Waals surface area contributed by atoms with Gasteiger partial charge in [0, 0.05) is 35.5 Å². The fraction of sp³-hybridized carbons (Fsp3) is 0.370. The third-order valence-electron chi connectivity index (χ3n) is 7.02. The van der Waals surface area contributed by atoms with Gasteiger partial charge in [0.15, 0.2) is 11.6 Å². The molecule has 1 saturated carbocycles. The highest BCUT2D eigenvalue weighted by Crippen LogP contribution is 2.42. The maximum Gasteiger partial charge on any atom is 0.306 e. The summed E-state index contributed by atoms with van der Waals surface area (Å²) in [5, 5.41) is 17.9. The van der Waals surface area contributed by atoms with Crippen molar-refractivity contribution in [2.45, 2.75) is 38.0 Å². The van der Waals surface area contributed by atoms with Crippen LogP contribution in [-0.4, -0.2) is 46.6 Å². The fourth-order valence-corrected chi connectivity index (χ4v) is 4.77. The molecule has 7 nitrogen and oxygen atoms in total. The highest BCUT2D eigenvalue weighted by Gasteiger charge is 2.26. The fourth-order valence-electron chi connectivity index (χ4n) is 4.77. The Balaban J connectivity index is 0.000000330. The van der Waals surface area contributed by atoms with E-state index in [9.17, 15) is 13.6 Å². The lowest BCUT2D eigenvalue weighted by Gasteiger charge is -2.25. The largest absolute Gasteiger partial charge is 0.481 e. The number of carboxylic acids is 1. The molecule has 36 heavy (non-hydrogen) atoms. The maximum atomic E-state index is 14.1. The van der Waals surface area contributed by atoms with Crippen LogP contribution in [0, 0.1) is 17.6 Å². The number of benzene rings is 2. The van der Waals surface area contributed by atoms with Crippen molar-refractivity contribution in [3.63, 3.8) is 0 Å². The maximum absolute atomic E-state index is 14.1. The van der Waals surface area contributed by atoms with E-state index in [1.807, 2.05) is 12.1 Å².